The number of nitrogens with one attached hydrogen (secondary N) is 1. The van der Waals surface area contributed by atoms with Gasteiger partial charge in [0.25, 0.3) is 0 Å². The molecule has 2 rings (SSSR count). The van der Waals surface area contributed by atoms with Gasteiger partial charge >= 0.3 is 0 Å². The second-order valence-corrected chi connectivity index (χ2v) is 4.16. The van der Waals surface area contributed by atoms with Gasteiger partial charge < -0.3 is 9.73 Å². The third kappa shape index (κ3) is 2.88. The molecule has 1 aliphatic heterocycles. The number of rotatable bonds is 4. The van der Waals surface area contributed by atoms with Crippen molar-refractivity contribution >= 4 is 0 Å². The van der Waals surface area contributed by atoms with Crippen molar-refractivity contribution in [2.45, 2.75) is 32.1 Å². The summed E-state index contributed by atoms with van der Waals surface area (Å²) in [5.74, 6) is 2.09. The van der Waals surface area contributed by atoms with Gasteiger partial charge in [-0.05, 0) is 56.8 Å². The molecule has 14 heavy (non-hydrogen) atoms. The molecule has 0 aliphatic carbocycles. The largest absolute Gasteiger partial charge is 0.469 e. The Balaban J connectivity index is 1.62. The van der Waals surface area contributed by atoms with Crippen LogP contribution in [0.5, 0.6) is 0 Å². The lowest BCUT2D eigenvalue weighted by Crippen LogP contribution is -2.27. The predicted octanol–water partition coefficient (Wildman–Crippen LogP) is 2.60. The molecule has 0 atom stereocenters. The van der Waals surface area contributed by atoms with Crippen molar-refractivity contribution in [3.63, 3.8) is 0 Å². The third-order valence-corrected chi connectivity index (χ3v) is 3.07. The van der Waals surface area contributed by atoms with Crippen LogP contribution in [0.4, 0.5) is 0 Å². The highest BCUT2D eigenvalue weighted by Crippen LogP contribution is 2.19. The summed E-state index contributed by atoms with van der Waals surface area (Å²) in [6, 6.07) is 4.04. The van der Waals surface area contributed by atoms with Gasteiger partial charge in [0.05, 0.1) is 6.26 Å². The highest BCUT2D eigenvalue weighted by Gasteiger charge is 2.12. The monoisotopic (exact) mass is 193 g/mol. The fourth-order valence-electron chi connectivity index (χ4n) is 2.19. The Morgan fingerprint density at radius 3 is 2.93 bits per heavy atom. The molecular weight excluding hydrogens is 174 g/mol. The van der Waals surface area contributed by atoms with E-state index in [2.05, 4.69) is 11.4 Å². The van der Waals surface area contributed by atoms with E-state index >= 15 is 0 Å². The Kier molecular flexibility index (Phi) is 3.64. The van der Waals surface area contributed by atoms with E-state index in [0.29, 0.717) is 0 Å². The highest BCUT2D eigenvalue weighted by atomic mass is 16.3. The van der Waals surface area contributed by atoms with E-state index in [-0.39, 0.29) is 0 Å². The minimum absolute atomic E-state index is 0.950. The van der Waals surface area contributed by atoms with Crippen LogP contribution >= 0.6 is 0 Å². The van der Waals surface area contributed by atoms with Crippen molar-refractivity contribution in [2.75, 3.05) is 13.1 Å². The molecular formula is C12H19NO. The predicted molar refractivity (Wildman–Crippen MR) is 57.2 cm³/mol. The Labute approximate surface area is 85.7 Å². The molecule has 0 unspecified atom stereocenters. The van der Waals surface area contributed by atoms with Gasteiger partial charge in [-0.3, -0.25) is 0 Å². The molecule has 0 saturated carbocycles. The number of furan rings is 1. The normalized spacial score (nSPS) is 18.6. The maximum Gasteiger partial charge on any atom is 0.103 e. The summed E-state index contributed by atoms with van der Waals surface area (Å²) in [5, 5.41) is 3.40. The van der Waals surface area contributed by atoms with E-state index < -0.39 is 0 Å². The Hall–Kier alpha value is -0.760. The first-order chi connectivity index (χ1) is 6.95. The van der Waals surface area contributed by atoms with Gasteiger partial charge in [-0.15, -0.1) is 0 Å². The van der Waals surface area contributed by atoms with E-state index in [1.54, 1.807) is 6.26 Å². The molecule has 0 bridgehead atoms. The van der Waals surface area contributed by atoms with Crippen molar-refractivity contribution in [3.8, 4) is 0 Å². The van der Waals surface area contributed by atoms with Gasteiger partial charge in [0.15, 0.2) is 0 Å². The third-order valence-electron chi connectivity index (χ3n) is 3.07. The molecule has 78 valence electrons. The first-order valence-corrected chi connectivity index (χ1v) is 5.68. The van der Waals surface area contributed by atoms with Gasteiger partial charge in [0, 0.05) is 6.42 Å². The van der Waals surface area contributed by atoms with E-state index in [9.17, 15) is 0 Å². The number of hydrogen-bond donors (Lipinski definition) is 1. The first-order valence-electron chi connectivity index (χ1n) is 5.68. The lowest BCUT2D eigenvalue weighted by molar-refractivity contribution is 0.343. The minimum Gasteiger partial charge on any atom is -0.469 e. The summed E-state index contributed by atoms with van der Waals surface area (Å²) in [6.07, 6.45) is 8.23. The Morgan fingerprint density at radius 1 is 1.36 bits per heavy atom. The zero-order valence-corrected chi connectivity index (χ0v) is 8.67. The second-order valence-electron chi connectivity index (χ2n) is 4.16. The molecule has 1 aromatic rings. The van der Waals surface area contributed by atoms with Crippen molar-refractivity contribution in [1.82, 2.24) is 5.32 Å². The fourth-order valence-corrected chi connectivity index (χ4v) is 2.19. The lowest BCUT2D eigenvalue weighted by atomic mass is 9.92. The molecule has 1 saturated heterocycles. The van der Waals surface area contributed by atoms with Gasteiger partial charge in [0.2, 0.25) is 0 Å². The van der Waals surface area contributed by atoms with Gasteiger partial charge in [-0.2, -0.15) is 0 Å². The average molecular weight is 193 g/mol. The van der Waals surface area contributed by atoms with Gasteiger partial charge in [-0.1, -0.05) is 0 Å². The molecule has 2 nitrogen and oxygen atoms in total. The van der Waals surface area contributed by atoms with Gasteiger partial charge in [-0.25, -0.2) is 0 Å². The quantitative estimate of drug-likeness (QED) is 0.795. The smallest absolute Gasteiger partial charge is 0.103 e. The standard InChI is InChI=1S/C12H19NO/c1(4-12-5-2-10-14-12)3-11-6-8-13-9-7-11/h2,5,10-11,13H,1,3-4,6-9H2. The van der Waals surface area contributed by atoms with Crippen LogP contribution in [0.3, 0.4) is 0 Å². The van der Waals surface area contributed by atoms with E-state index in [4.69, 9.17) is 4.42 Å². The maximum atomic E-state index is 5.31. The Morgan fingerprint density at radius 2 is 2.21 bits per heavy atom. The van der Waals surface area contributed by atoms with Crippen LogP contribution in [-0.4, -0.2) is 13.1 Å². The van der Waals surface area contributed by atoms with Crippen LogP contribution in [0.15, 0.2) is 22.8 Å². The van der Waals surface area contributed by atoms with Crippen LogP contribution in [0.25, 0.3) is 0 Å². The molecule has 0 aromatic carbocycles. The van der Waals surface area contributed by atoms with Crippen molar-refractivity contribution in [2.24, 2.45) is 5.92 Å². The molecule has 2 heterocycles. The van der Waals surface area contributed by atoms with E-state index in [0.717, 1.165) is 18.1 Å². The summed E-state index contributed by atoms with van der Waals surface area (Å²) in [7, 11) is 0. The number of aryl methyl sites for hydroxylation is 1. The van der Waals surface area contributed by atoms with E-state index in [1.165, 1.54) is 38.8 Å². The van der Waals surface area contributed by atoms with Crippen LogP contribution < -0.4 is 5.32 Å². The lowest BCUT2D eigenvalue weighted by Gasteiger charge is -2.22. The van der Waals surface area contributed by atoms with Crippen LogP contribution in [0.1, 0.15) is 31.4 Å². The molecule has 1 aromatic heterocycles. The summed E-state index contributed by atoms with van der Waals surface area (Å²) >= 11 is 0. The zero-order chi connectivity index (χ0) is 9.64. The molecule has 0 spiro atoms. The topological polar surface area (TPSA) is 25.2 Å². The summed E-state index contributed by atoms with van der Waals surface area (Å²) in [6.45, 7) is 2.43. The number of hydrogen-bond acceptors (Lipinski definition) is 2. The summed E-state index contributed by atoms with van der Waals surface area (Å²) < 4.78 is 5.31. The SMILES string of the molecule is c1coc(CCCC2CCNCC2)c1. The van der Waals surface area contributed by atoms with E-state index in [1.807, 2.05) is 6.07 Å². The van der Waals surface area contributed by atoms with Crippen LogP contribution in [0.2, 0.25) is 0 Å². The zero-order valence-electron chi connectivity index (χ0n) is 8.67. The first kappa shape index (κ1) is 9.78. The fraction of sp³-hybridized carbons (Fsp3) is 0.667. The Bertz CT molecular complexity index is 237. The molecule has 2 heteroatoms. The van der Waals surface area contributed by atoms with Crippen LogP contribution in [0, 0.1) is 5.92 Å². The molecule has 0 radical (unpaired) electrons. The van der Waals surface area contributed by atoms with Crippen molar-refractivity contribution in [3.05, 3.63) is 24.2 Å². The maximum absolute atomic E-state index is 5.31. The van der Waals surface area contributed by atoms with Gasteiger partial charge in [0.1, 0.15) is 5.76 Å². The number of piperidine rings is 1. The highest BCUT2D eigenvalue weighted by molar-refractivity contribution is 4.97. The van der Waals surface area contributed by atoms with Crippen molar-refractivity contribution in [1.29, 1.82) is 0 Å². The second kappa shape index (κ2) is 5.20. The molecule has 0 amide bonds. The minimum atomic E-state index is 0.950. The molecule has 1 aliphatic rings. The average Bonchev–Trinajstić information content (AvgIpc) is 2.72. The summed E-state index contributed by atoms with van der Waals surface area (Å²) in [5.41, 5.74) is 0. The molecule has 1 N–H and O–H groups in total. The van der Waals surface area contributed by atoms with Crippen LogP contribution in [-0.2, 0) is 6.42 Å². The molecule has 1 fully saturated rings. The van der Waals surface area contributed by atoms with Crippen molar-refractivity contribution < 1.29 is 4.42 Å². The summed E-state index contributed by atoms with van der Waals surface area (Å²) in [4.78, 5) is 0.